The highest BCUT2D eigenvalue weighted by molar-refractivity contribution is 5.95. The maximum Gasteiger partial charge on any atom is 0.373 e. The quantitative estimate of drug-likeness (QED) is 0.765. The van der Waals surface area contributed by atoms with Gasteiger partial charge in [0.2, 0.25) is 5.76 Å². The van der Waals surface area contributed by atoms with Crippen molar-refractivity contribution in [3.8, 4) is 11.5 Å². The number of hydrogen-bond acceptors (Lipinski definition) is 5. The van der Waals surface area contributed by atoms with Crippen LogP contribution in [-0.4, -0.2) is 27.3 Å². The summed E-state index contributed by atoms with van der Waals surface area (Å²) >= 11 is 0. The van der Waals surface area contributed by atoms with Crippen molar-refractivity contribution < 1.29 is 23.4 Å². The fourth-order valence-corrected chi connectivity index (χ4v) is 1.57. The molecule has 5 nitrogen and oxygen atoms in total. The summed E-state index contributed by atoms with van der Waals surface area (Å²) in [5.74, 6) is 0.787. The van der Waals surface area contributed by atoms with Crippen molar-refractivity contribution in [1.82, 2.24) is 0 Å². The molecule has 17 heavy (non-hydrogen) atoms. The zero-order chi connectivity index (χ0) is 12.4. The van der Waals surface area contributed by atoms with Crippen LogP contribution >= 0.6 is 0 Å². The Morgan fingerprint density at radius 1 is 1.12 bits per heavy atom. The molecule has 0 aliphatic heterocycles. The van der Waals surface area contributed by atoms with Crippen LogP contribution in [0.3, 0.4) is 0 Å². The molecule has 1 aromatic carbocycles. The van der Waals surface area contributed by atoms with Crippen LogP contribution < -0.4 is 9.47 Å². The molecule has 2 rings (SSSR count). The van der Waals surface area contributed by atoms with Gasteiger partial charge in [-0.2, -0.15) is 0 Å². The predicted molar refractivity (Wildman–Crippen MR) is 60.7 cm³/mol. The van der Waals surface area contributed by atoms with Gasteiger partial charge in [-0.15, -0.1) is 0 Å². The fourth-order valence-electron chi connectivity index (χ4n) is 1.57. The number of methoxy groups -OCH3 is 3. The Balaban J connectivity index is 2.62. The third kappa shape index (κ3) is 1.91. The van der Waals surface area contributed by atoms with Gasteiger partial charge >= 0.3 is 5.97 Å². The Labute approximate surface area is 97.9 Å². The van der Waals surface area contributed by atoms with Crippen LogP contribution in [0.15, 0.2) is 22.6 Å². The number of rotatable bonds is 3. The standard InChI is InChI=1S/C12H12O5/c1-14-7-4-9(15-2)8-6-11(12(13)16-3)17-10(8)5-7/h4-6H,1-3H3. The molecular weight excluding hydrogens is 224 g/mol. The van der Waals surface area contributed by atoms with Crippen LogP contribution in [0, 0.1) is 0 Å². The van der Waals surface area contributed by atoms with Crippen LogP contribution in [0.2, 0.25) is 0 Å². The summed E-state index contributed by atoms with van der Waals surface area (Å²) in [6, 6.07) is 4.99. The van der Waals surface area contributed by atoms with Gasteiger partial charge in [-0.05, 0) is 0 Å². The normalized spacial score (nSPS) is 10.3. The van der Waals surface area contributed by atoms with E-state index in [1.807, 2.05) is 0 Å². The smallest absolute Gasteiger partial charge is 0.373 e. The van der Waals surface area contributed by atoms with Gasteiger partial charge in [0.1, 0.15) is 17.1 Å². The van der Waals surface area contributed by atoms with E-state index in [-0.39, 0.29) is 5.76 Å². The van der Waals surface area contributed by atoms with Gasteiger partial charge in [0.05, 0.1) is 26.7 Å². The summed E-state index contributed by atoms with van der Waals surface area (Å²) in [4.78, 5) is 11.3. The minimum atomic E-state index is -0.526. The third-order valence-corrected chi connectivity index (χ3v) is 2.42. The van der Waals surface area contributed by atoms with Crippen LogP contribution in [0.25, 0.3) is 11.0 Å². The molecule has 0 atom stereocenters. The van der Waals surface area contributed by atoms with Crippen LogP contribution in [0.4, 0.5) is 0 Å². The highest BCUT2D eigenvalue weighted by atomic mass is 16.5. The van der Waals surface area contributed by atoms with Crippen molar-refractivity contribution in [2.75, 3.05) is 21.3 Å². The monoisotopic (exact) mass is 236 g/mol. The van der Waals surface area contributed by atoms with Crippen LogP contribution in [-0.2, 0) is 4.74 Å². The molecule has 0 aliphatic carbocycles. The number of fused-ring (bicyclic) bond motifs is 1. The Morgan fingerprint density at radius 3 is 2.47 bits per heavy atom. The largest absolute Gasteiger partial charge is 0.496 e. The molecule has 0 saturated heterocycles. The number of esters is 1. The number of hydrogen-bond donors (Lipinski definition) is 0. The van der Waals surface area contributed by atoms with Crippen molar-refractivity contribution in [2.45, 2.75) is 0 Å². The maximum absolute atomic E-state index is 11.3. The zero-order valence-corrected chi connectivity index (χ0v) is 9.77. The lowest BCUT2D eigenvalue weighted by molar-refractivity contribution is 0.0567. The van der Waals surface area contributed by atoms with Crippen molar-refractivity contribution in [3.05, 3.63) is 24.0 Å². The van der Waals surface area contributed by atoms with Gasteiger partial charge < -0.3 is 18.6 Å². The van der Waals surface area contributed by atoms with Crippen molar-refractivity contribution in [1.29, 1.82) is 0 Å². The Bertz CT molecular complexity index is 555. The minimum absolute atomic E-state index is 0.133. The summed E-state index contributed by atoms with van der Waals surface area (Å²) < 4.78 is 20.3. The average molecular weight is 236 g/mol. The first kappa shape index (κ1) is 11.3. The molecule has 0 unspecified atom stereocenters. The molecule has 0 radical (unpaired) electrons. The number of furan rings is 1. The predicted octanol–water partition coefficient (Wildman–Crippen LogP) is 2.24. The lowest BCUT2D eigenvalue weighted by Crippen LogP contribution is -1.97. The van der Waals surface area contributed by atoms with E-state index in [1.54, 1.807) is 32.4 Å². The topological polar surface area (TPSA) is 57.9 Å². The Morgan fingerprint density at radius 2 is 1.88 bits per heavy atom. The molecule has 0 spiro atoms. The fraction of sp³-hybridized carbons (Fsp3) is 0.250. The summed E-state index contributed by atoms with van der Waals surface area (Å²) in [7, 11) is 4.39. The second kappa shape index (κ2) is 4.37. The first-order chi connectivity index (χ1) is 8.19. The van der Waals surface area contributed by atoms with Crippen LogP contribution in [0.5, 0.6) is 11.5 Å². The number of benzene rings is 1. The molecular formula is C12H12O5. The number of carbonyl (C=O) groups is 1. The van der Waals surface area contributed by atoms with Crippen LogP contribution in [0.1, 0.15) is 10.6 Å². The summed E-state index contributed by atoms with van der Waals surface area (Å²) in [5, 5.41) is 0.703. The molecule has 0 amide bonds. The second-order valence-electron chi connectivity index (χ2n) is 3.34. The highest BCUT2D eigenvalue weighted by Crippen LogP contribution is 2.33. The van der Waals surface area contributed by atoms with Gasteiger partial charge in [0, 0.05) is 18.2 Å². The maximum atomic E-state index is 11.3. The van der Waals surface area contributed by atoms with E-state index >= 15 is 0 Å². The molecule has 0 aliphatic rings. The average Bonchev–Trinajstić information content (AvgIpc) is 2.80. The SMILES string of the molecule is COC(=O)c1cc2c(OC)cc(OC)cc2o1. The Kier molecular flexibility index (Phi) is 2.91. The molecule has 1 heterocycles. The molecule has 5 heteroatoms. The first-order valence-corrected chi connectivity index (χ1v) is 4.93. The van der Waals surface area contributed by atoms with E-state index in [1.165, 1.54) is 7.11 Å². The molecule has 0 N–H and O–H groups in total. The van der Waals surface area contributed by atoms with Gasteiger partial charge in [-0.1, -0.05) is 0 Å². The van der Waals surface area contributed by atoms with Crippen molar-refractivity contribution in [3.63, 3.8) is 0 Å². The molecule has 90 valence electrons. The zero-order valence-electron chi connectivity index (χ0n) is 9.77. The van der Waals surface area contributed by atoms with E-state index in [2.05, 4.69) is 4.74 Å². The Hall–Kier alpha value is -2.17. The first-order valence-electron chi connectivity index (χ1n) is 4.93. The molecule has 0 saturated carbocycles. The van der Waals surface area contributed by atoms with Gasteiger partial charge in [-0.3, -0.25) is 0 Å². The number of ether oxygens (including phenoxy) is 3. The summed E-state index contributed by atoms with van der Waals surface area (Å²) in [6.45, 7) is 0. The molecule has 0 bridgehead atoms. The van der Waals surface area contributed by atoms with E-state index in [0.29, 0.717) is 22.5 Å². The highest BCUT2D eigenvalue weighted by Gasteiger charge is 2.16. The summed E-state index contributed by atoms with van der Waals surface area (Å²) in [6.07, 6.45) is 0. The number of carbonyl (C=O) groups excluding carboxylic acids is 1. The van der Waals surface area contributed by atoms with E-state index < -0.39 is 5.97 Å². The second-order valence-corrected chi connectivity index (χ2v) is 3.34. The lowest BCUT2D eigenvalue weighted by Gasteiger charge is -2.04. The van der Waals surface area contributed by atoms with E-state index in [9.17, 15) is 4.79 Å². The molecule has 2 aromatic rings. The minimum Gasteiger partial charge on any atom is -0.496 e. The lowest BCUT2D eigenvalue weighted by atomic mass is 10.2. The van der Waals surface area contributed by atoms with Crippen molar-refractivity contribution in [2.24, 2.45) is 0 Å². The van der Waals surface area contributed by atoms with E-state index in [4.69, 9.17) is 13.9 Å². The van der Waals surface area contributed by atoms with Gasteiger partial charge in [-0.25, -0.2) is 4.79 Å². The van der Waals surface area contributed by atoms with Crippen molar-refractivity contribution >= 4 is 16.9 Å². The molecule has 1 aromatic heterocycles. The van der Waals surface area contributed by atoms with E-state index in [0.717, 1.165) is 0 Å². The van der Waals surface area contributed by atoms with Gasteiger partial charge in [0.25, 0.3) is 0 Å². The van der Waals surface area contributed by atoms with Gasteiger partial charge in [0.15, 0.2) is 0 Å². The summed E-state index contributed by atoms with van der Waals surface area (Å²) in [5.41, 5.74) is 0.515. The molecule has 0 fully saturated rings. The third-order valence-electron chi connectivity index (χ3n) is 2.42.